The molecule has 0 amide bonds. The SMILES string of the molecule is COC(=O)c1cc(C#N)cc(CO)c1. The summed E-state index contributed by atoms with van der Waals surface area (Å²) < 4.78 is 4.51. The van der Waals surface area contributed by atoms with Crippen LogP contribution in [0, 0.1) is 11.3 Å². The second-order valence-corrected chi connectivity index (χ2v) is 2.68. The summed E-state index contributed by atoms with van der Waals surface area (Å²) in [5.41, 5.74) is 1.12. The zero-order valence-electron chi connectivity index (χ0n) is 7.65. The van der Waals surface area contributed by atoms with Gasteiger partial charge in [0.15, 0.2) is 0 Å². The zero-order valence-corrected chi connectivity index (χ0v) is 7.65. The topological polar surface area (TPSA) is 70.3 Å². The molecular weight excluding hydrogens is 182 g/mol. The Morgan fingerprint density at radius 1 is 1.57 bits per heavy atom. The van der Waals surface area contributed by atoms with Crippen LogP contribution < -0.4 is 0 Å². The molecule has 4 nitrogen and oxygen atoms in total. The summed E-state index contributed by atoms with van der Waals surface area (Å²) in [6, 6.07) is 6.34. The average Bonchev–Trinajstić information content (AvgIpc) is 2.27. The van der Waals surface area contributed by atoms with E-state index in [9.17, 15) is 4.79 Å². The fraction of sp³-hybridized carbons (Fsp3) is 0.200. The molecule has 1 aromatic carbocycles. The maximum Gasteiger partial charge on any atom is 0.337 e. The summed E-state index contributed by atoms with van der Waals surface area (Å²) in [7, 11) is 1.26. The van der Waals surface area contributed by atoms with Crippen LogP contribution in [0.3, 0.4) is 0 Å². The van der Waals surface area contributed by atoms with Crippen molar-refractivity contribution in [1.82, 2.24) is 0 Å². The Morgan fingerprint density at radius 2 is 2.29 bits per heavy atom. The van der Waals surface area contributed by atoms with Crippen LogP contribution in [0.5, 0.6) is 0 Å². The summed E-state index contributed by atoms with van der Waals surface area (Å²) >= 11 is 0. The van der Waals surface area contributed by atoms with E-state index in [0.717, 1.165) is 0 Å². The molecule has 0 saturated carbocycles. The van der Waals surface area contributed by atoms with Crippen molar-refractivity contribution in [1.29, 1.82) is 5.26 Å². The zero-order chi connectivity index (χ0) is 10.6. The standard InChI is InChI=1S/C10H9NO3/c1-14-10(13)9-3-7(5-11)2-8(4-9)6-12/h2-4,12H,6H2,1H3. The molecular formula is C10H9NO3. The van der Waals surface area contributed by atoms with E-state index >= 15 is 0 Å². The number of nitriles is 1. The lowest BCUT2D eigenvalue weighted by molar-refractivity contribution is 0.0600. The Bertz CT molecular complexity index is 393. The molecule has 4 heteroatoms. The maximum absolute atomic E-state index is 11.1. The van der Waals surface area contributed by atoms with Crippen molar-refractivity contribution in [2.75, 3.05) is 7.11 Å². The lowest BCUT2D eigenvalue weighted by Crippen LogP contribution is -2.02. The highest BCUT2D eigenvalue weighted by Gasteiger charge is 2.07. The predicted molar refractivity (Wildman–Crippen MR) is 48.4 cm³/mol. The highest BCUT2D eigenvalue weighted by molar-refractivity contribution is 5.89. The van der Waals surface area contributed by atoms with E-state index in [0.29, 0.717) is 11.1 Å². The fourth-order valence-corrected chi connectivity index (χ4v) is 1.08. The lowest BCUT2D eigenvalue weighted by Gasteiger charge is -2.02. The third-order valence-corrected chi connectivity index (χ3v) is 1.73. The van der Waals surface area contributed by atoms with Crippen molar-refractivity contribution in [3.05, 3.63) is 34.9 Å². The summed E-state index contributed by atoms with van der Waals surface area (Å²) in [5.74, 6) is -0.517. The van der Waals surface area contributed by atoms with E-state index in [1.54, 1.807) is 0 Å². The highest BCUT2D eigenvalue weighted by atomic mass is 16.5. The van der Waals surface area contributed by atoms with Gasteiger partial charge in [0.05, 0.1) is 30.9 Å². The van der Waals surface area contributed by atoms with E-state index in [4.69, 9.17) is 10.4 Å². The van der Waals surface area contributed by atoms with Gasteiger partial charge in [-0.1, -0.05) is 0 Å². The number of hydrogen-bond acceptors (Lipinski definition) is 4. The fourth-order valence-electron chi connectivity index (χ4n) is 1.08. The van der Waals surface area contributed by atoms with E-state index in [2.05, 4.69) is 4.74 Å². The quantitative estimate of drug-likeness (QED) is 0.703. The second kappa shape index (κ2) is 4.40. The molecule has 0 saturated heterocycles. The number of nitrogens with zero attached hydrogens (tertiary/aromatic N) is 1. The van der Waals surface area contributed by atoms with Gasteiger partial charge >= 0.3 is 5.97 Å². The Labute approximate surface area is 81.4 Å². The van der Waals surface area contributed by atoms with Gasteiger partial charge in [-0.25, -0.2) is 4.79 Å². The summed E-state index contributed by atoms with van der Waals surface area (Å²) in [6.45, 7) is -0.209. The number of rotatable bonds is 2. The molecule has 1 rings (SSSR count). The van der Waals surface area contributed by atoms with Crippen LogP contribution in [0.4, 0.5) is 0 Å². The van der Waals surface area contributed by atoms with Gasteiger partial charge in [0.1, 0.15) is 0 Å². The van der Waals surface area contributed by atoms with Crippen molar-refractivity contribution >= 4 is 5.97 Å². The predicted octanol–water partition coefficient (Wildman–Crippen LogP) is 0.837. The van der Waals surface area contributed by atoms with E-state index in [1.807, 2.05) is 6.07 Å². The Morgan fingerprint density at radius 3 is 2.79 bits per heavy atom. The van der Waals surface area contributed by atoms with Crippen LogP contribution in [-0.4, -0.2) is 18.2 Å². The molecule has 0 spiro atoms. The maximum atomic E-state index is 11.1. The van der Waals surface area contributed by atoms with Gasteiger partial charge in [-0.3, -0.25) is 0 Å². The molecule has 0 aromatic heterocycles. The van der Waals surface area contributed by atoms with E-state index < -0.39 is 5.97 Å². The third kappa shape index (κ3) is 2.09. The lowest BCUT2D eigenvalue weighted by atomic mass is 10.1. The van der Waals surface area contributed by atoms with Crippen molar-refractivity contribution in [2.45, 2.75) is 6.61 Å². The summed E-state index contributed by atoms with van der Waals surface area (Å²) in [4.78, 5) is 11.1. The molecule has 14 heavy (non-hydrogen) atoms. The molecule has 1 N–H and O–H groups in total. The van der Waals surface area contributed by atoms with Gasteiger partial charge in [0.25, 0.3) is 0 Å². The first kappa shape index (κ1) is 10.2. The van der Waals surface area contributed by atoms with Crippen molar-refractivity contribution in [3.8, 4) is 6.07 Å². The molecule has 0 unspecified atom stereocenters. The monoisotopic (exact) mass is 191 g/mol. The first-order valence-corrected chi connectivity index (χ1v) is 3.94. The van der Waals surface area contributed by atoms with Gasteiger partial charge in [0, 0.05) is 0 Å². The van der Waals surface area contributed by atoms with Crippen LogP contribution in [0.15, 0.2) is 18.2 Å². The Balaban J connectivity index is 3.19. The number of ether oxygens (including phenoxy) is 1. The minimum Gasteiger partial charge on any atom is -0.465 e. The summed E-state index contributed by atoms with van der Waals surface area (Å²) in [5, 5.41) is 17.5. The highest BCUT2D eigenvalue weighted by Crippen LogP contribution is 2.10. The molecule has 0 atom stereocenters. The number of carbonyl (C=O) groups is 1. The number of aliphatic hydroxyl groups excluding tert-OH is 1. The average molecular weight is 191 g/mol. The van der Waals surface area contributed by atoms with Gasteiger partial charge in [-0.15, -0.1) is 0 Å². The van der Waals surface area contributed by atoms with Crippen LogP contribution in [0.2, 0.25) is 0 Å². The summed E-state index contributed by atoms with van der Waals surface area (Å²) in [6.07, 6.45) is 0. The largest absolute Gasteiger partial charge is 0.465 e. The molecule has 0 aliphatic heterocycles. The molecule has 0 fully saturated rings. The van der Waals surface area contributed by atoms with Gasteiger partial charge in [0.2, 0.25) is 0 Å². The van der Waals surface area contributed by atoms with Crippen molar-refractivity contribution in [3.63, 3.8) is 0 Å². The van der Waals surface area contributed by atoms with Crippen LogP contribution in [-0.2, 0) is 11.3 Å². The molecule has 72 valence electrons. The van der Waals surface area contributed by atoms with E-state index in [1.165, 1.54) is 25.3 Å². The first-order valence-electron chi connectivity index (χ1n) is 3.94. The molecule has 0 aliphatic carbocycles. The number of carbonyl (C=O) groups excluding carboxylic acids is 1. The minimum absolute atomic E-state index is 0.209. The molecule has 0 bridgehead atoms. The molecule has 1 aromatic rings. The minimum atomic E-state index is -0.517. The van der Waals surface area contributed by atoms with Crippen LogP contribution >= 0.6 is 0 Å². The third-order valence-electron chi connectivity index (χ3n) is 1.73. The van der Waals surface area contributed by atoms with Crippen LogP contribution in [0.25, 0.3) is 0 Å². The molecule has 0 aliphatic rings. The number of esters is 1. The normalized spacial score (nSPS) is 9.21. The van der Waals surface area contributed by atoms with Crippen LogP contribution in [0.1, 0.15) is 21.5 Å². The number of aliphatic hydroxyl groups is 1. The van der Waals surface area contributed by atoms with Gasteiger partial charge < -0.3 is 9.84 Å². The van der Waals surface area contributed by atoms with Crippen molar-refractivity contribution < 1.29 is 14.6 Å². The molecule has 0 radical (unpaired) electrons. The van der Waals surface area contributed by atoms with E-state index in [-0.39, 0.29) is 12.2 Å². The Hall–Kier alpha value is -1.86. The number of benzene rings is 1. The smallest absolute Gasteiger partial charge is 0.337 e. The van der Waals surface area contributed by atoms with Gasteiger partial charge in [-0.05, 0) is 23.8 Å². The van der Waals surface area contributed by atoms with Crippen molar-refractivity contribution in [2.24, 2.45) is 0 Å². The number of methoxy groups -OCH3 is 1. The first-order chi connectivity index (χ1) is 6.71. The van der Waals surface area contributed by atoms with Gasteiger partial charge in [-0.2, -0.15) is 5.26 Å². The molecule has 0 heterocycles. The second-order valence-electron chi connectivity index (χ2n) is 2.68. The Kier molecular flexibility index (Phi) is 3.21. The number of hydrogen-bond donors (Lipinski definition) is 1.